The number of halogens is 1. The summed E-state index contributed by atoms with van der Waals surface area (Å²) in [5.74, 6) is -0.427. The number of ether oxygens (including phenoxy) is 1. The maximum Gasteiger partial charge on any atom is 0.262 e. The van der Waals surface area contributed by atoms with Gasteiger partial charge in [0.05, 0.1) is 29.4 Å². The van der Waals surface area contributed by atoms with Gasteiger partial charge in [0, 0.05) is 18.0 Å². The van der Waals surface area contributed by atoms with E-state index >= 15 is 0 Å². The molecule has 29 heavy (non-hydrogen) atoms. The summed E-state index contributed by atoms with van der Waals surface area (Å²) < 4.78 is 47.7. The van der Waals surface area contributed by atoms with Crippen molar-refractivity contribution in [1.82, 2.24) is 14.6 Å². The van der Waals surface area contributed by atoms with Crippen molar-refractivity contribution in [3.05, 3.63) is 66.9 Å². The van der Waals surface area contributed by atoms with Gasteiger partial charge in [-0.15, -0.1) is 0 Å². The predicted molar refractivity (Wildman–Crippen MR) is 107 cm³/mol. The van der Waals surface area contributed by atoms with Gasteiger partial charge in [0.25, 0.3) is 10.0 Å². The van der Waals surface area contributed by atoms with E-state index in [0.29, 0.717) is 16.8 Å². The number of anilines is 2. The second kappa shape index (κ2) is 7.06. The Morgan fingerprint density at radius 2 is 1.86 bits per heavy atom. The largest absolute Gasteiger partial charge is 0.480 e. The molecule has 3 N–H and O–H groups in total. The van der Waals surface area contributed by atoms with Gasteiger partial charge >= 0.3 is 0 Å². The number of methoxy groups -OCH3 is 1. The van der Waals surface area contributed by atoms with Gasteiger partial charge in [0.15, 0.2) is 0 Å². The molecule has 148 valence electrons. The lowest BCUT2D eigenvalue weighted by Gasteiger charge is -2.13. The highest BCUT2D eigenvalue weighted by Crippen LogP contribution is 2.31. The smallest absolute Gasteiger partial charge is 0.262 e. The average Bonchev–Trinajstić information content (AvgIpc) is 3.08. The topological polar surface area (TPSA) is 112 Å². The fourth-order valence-corrected chi connectivity index (χ4v) is 3.89. The first-order valence-corrected chi connectivity index (χ1v) is 9.91. The highest BCUT2D eigenvalue weighted by Gasteiger charge is 2.18. The van der Waals surface area contributed by atoms with E-state index in [4.69, 9.17) is 10.5 Å². The number of pyridine rings is 2. The Morgan fingerprint density at radius 3 is 2.59 bits per heavy atom. The molecule has 0 amide bonds. The third-order valence-electron chi connectivity index (χ3n) is 4.30. The SMILES string of the molecule is COc1ncc(-c2ccn3ncc(N)c3c2)cc1NS(=O)(=O)c1ccc(F)cc1. The normalized spacial score (nSPS) is 11.5. The van der Waals surface area contributed by atoms with Crippen molar-refractivity contribution in [2.45, 2.75) is 4.90 Å². The molecule has 0 saturated heterocycles. The van der Waals surface area contributed by atoms with E-state index in [1.54, 1.807) is 35.2 Å². The molecule has 0 fully saturated rings. The summed E-state index contributed by atoms with van der Waals surface area (Å²) in [5, 5.41) is 4.12. The number of rotatable bonds is 5. The third kappa shape index (κ3) is 3.57. The molecule has 3 heterocycles. The van der Waals surface area contributed by atoms with Gasteiger partial charge in [-0.3, -0.25) is 4.72 Å². The molecule has 0 saturated carbocycles. The molecule has 0 atom stereocenters. The Labute approximate surface area is 165 Å². The zero-order chi connectivity index (χ0) is 20.6. The number of nitrogens with one attached hydrogen (secondary N) is 1. The van der Waals surface area contributed by atoms with Crippen molar-refractivity contribution in [2.75, 3.05) is 17.6 Å². The van der Waals surface area contributed by atoms with Crippen LogP contribution in [0.4, 0.5) is 15.8 Å². The number of nitrogens with zero attached hydrogens (tertiary/aromatic N) is 3. The summed E-state index contributed by atoms with van der Waals surface area (Å²) >= 11 is 0. The Bertz CT molecular complexity index is 1300. The van der Waals surface area contributed by atoms with Crippen LogP contribution >= 0.6 is 0 Å². The van der Waals surface area contributed by atoms with Gasteiger partial charge in [0.1, 0.15) is 11.5 Å². The molecule has 10 heteroatoms. The van der Waals surface area contributed by atoms with Crippen LogP contribution in [0.15, 0.2) is 66.0 Å². The number of hydrogen-bond acceptors (Lipinski definition) is 6. The van der Waals surface area contributed by atoms with Gasteiger partial charge in [-0.2, -0.15) is 5.10 Å². The first kappa shape index (κ1) is 18.7. The summed E-state index contributed by atoms with van der Waals surface area (Å²) in [6.45, 7) is 0. The monoisotopic (exact) mass is 413 g/mol. The molecule has 1 aromatic carbocycles. The lowest BCUT2D eigenvalue weighted by Crippen LogP contribution is -2.14. The van der Waals surface area contributed by atoms with Crippen LogP contribution in [0.3, 0.4) is 0 Å². The third-order valence-corrected chi connectivity index (χ3v) is 5.68. The van der Waals surface area contributed by atoms with Crippen LogP contribution in [0.2, 0.25) is 0 Å². The fourth-order valence-electron chi connectivity index (χ4n) is 2.84. The molecule has 3 aromatic heterocycles. The van der Waals surface area contributed by atoms with Crippen LogP contribution in [0, 0.1) is 5.82 Å². The first-order valence-electron chi connectivity index (χ1n) is 8.43. The first-order chi connectivity index (χ1) is 13.9. The number of fused-ring (bicyclic) bond motifs is 1. The zero-order valence-electron chi connectivity index (χ0n) is 15.2. The minimum Gasteiger partial charge on any atom is -0.480 e. The van der Waals surface area contributed by atoms with Crippen molar-refractivity contribution in [3.8, 4) is 17.0 Å². The average molecular weight is 413 g/mol. The van der Waals surface area contributed by atoms with Crippen molar-refractivity contribution >= 4 is 26.9 Å². The van der Waals surface area contributed by atoms with Crippen LogP contribution < -0.4 is 15.2 Å². The Balaban J connectivity index is 1.74. The van der Waals surface area contributed by atoms with Crippen LogP contribution in [0.25, 0.3) is 16.6 Å². The van der Waals surface area contributed by atoms with E-state index in [2.05, 4.69) is 14.8 Å². The summed E-state index contributed by atoms with van der Waals surface area (Å²) in [6.07, 6.45) is 4.86. The number of aromatic nitrogens is 3. The van der Waals surface area contributed by atoms with Crippen molar-refractivity contribution in [2.24, 2.45) is 0 Å². The Morgan fingerprint density at radius 1 is 1.10 bits per heavy atom. The van der Waals surface area contributed by atoms with Gasteiger partial charge in [-0.25, -0.2) is 22.3 Å². The predicted octanol–water partition coefficient (Wildman–Crippen LogP) is 2.93. The Hall–Kier alpha value is -3.66. The molecule has 0 unspecified atom stereocenters. The molecule has 4 rings (SSSR count). The molecule has 4 aromatic rings. The maximum atomic E-state index is 13.1. The fraction of sp³-hybridized carbons (Fsp3) is 0.0526. The maximum absolute atomic E-state index is 13.1. The summed E-state index contributed by atoms with van der Waals surface area (Å²) in [4.78, 5) is 4.11. The number of sulfonamides is 1. The van der Waals surface area contributed by atoms with E-state index in [-0.39, 0.29) is 16.5 Å². The van der Waals surface area contributed by atoms with E-state index in [9.17, 15) is 12.8 Å². The van der Waals surface area contributed by atoms with E-state index in [1.165, 1.54) is 19.2 Å². The van der Waals surface area contributed by atoms with Gasteiger partial charge in [-0.05, 0) is 48.0 Å². The lowest BCUT2D eigenvalue weighted by atomic mass is 10.1. The minimum absolute atomic E-state index is 0.0835. The van der Waals surface area contributed by atoms with Crippen molar-refractivity contribution < 1.29 is 17.5 Å². The van der Waals surface area contributed by atoms with Gasteiger partial charge < -0.3 is 10.5 Å². The van der Waals surface area contributed by atoms with Gasteiger partial charge in [-0.1, -0.05) is 0 Å². The highest BCUT2D eigenvalue weighted by atomic mass is 32.2. The summed E-state index contributed by atoms with van der Waals surface area (Å²) in [6, 6.07) is 9.74. The quantitative estimate of drug-likeness (QED) is 0.520. The number of hydrogen-bond donors (Lipinski definition) is 2. The standard InChI is InChI=1S/C19H16FN5O3S/c1-28-19-17(24-29(26,27)15-4-2-14(20)3-5-15)8-13(10-22-19)12-6-7-25-18(9-12)16(21)11-23-25/h2-11,24H,21H2,1H3. The summed E-state index contributed by atoms with van der Waals surface area (Å²) in [5.41, 5.74) is 8.71. The molecule has 0 aliphatic heterocycles. The number of nitrogen functional groups attached to an aromatic ring is 1. The molecule has 0 aliphatic rings. The lowest BCUT2D eigenvalue weighted by molar-refractivity contribution is 0.400. The van der Waals surface area contributed by atoms with Crippen LogP contribution in [-0.4, -0.2) is 30.1 Å². The highest BCUT2D eigenvalue weighted by molar-refractivity contribution is 7.92. The van der Waals surface area contributed by atoms with Crippen molar-refractivity contribution in [1.29, 1.82) is 0 Å². The number of benzene rings is 1. The summed E-state index contributed by atoms with van der Waals surface area (Å²) in [7, 11) is -2.58. The molecular formula is C19H16FN5O3S. The van der Waals surface area contributed by atoms with Crippen LogP contribution in [-0.2, 0) is 10.0 Å². The zero-order valence-corrected chi connectivity index (χ0v) is 16.0. The van der Waals surface area contributed by atoms with Crippen LogP contribution in [0.1, 0.15) is 0 Å². The van der Waals surface area contributed by atoms with E-state index < -0.39 is 15.8 Å². The van der Waals surface area contributed by atoms with E-state index in [1.807, 2.05) is 6.07 Å². The second-order valence-electron chi connectivity index (χ2n) is 6.19. The minimum atomic E-state index is -3.96. The Kier molecular flexibility index (Phi) is 4.55. The molecule has 0 radical (unpaired) electrons. The van der Waals surface area contributed by atoms with Crippen LogP contribution in [0.5, 0.6) is 5.88 Å². The number of nitrogens with two attached hydrogens (primary N) is 1. The second-order valence-corrected chi connectivity index (χ2v) is 7.87. The molecule has 8 nitrogen and oxygen atoms in total. The van der Waals surface area contributed by atoms with Gasteiger partial charge in [0.2, 0.25) is 5.88 Å². The molecule has 0 bridgehead atoms. The molecule has 0 spiro atoms. The van der Waals surface area contributed by atoms with Crippen molar-refractivity contribution in [3.63, 3.8) is 0 Å². The molecule has 0 aliphatic carbocycles. The molecular weight excluding hydrogens is 397 g/mol. The van der Waals surface area contributed by atoms with E-state index in [0.717, 1.165) is 17.7 Å².